The maximum Gasteiger partial charge on any atom is 0.307 e. The molecule has 132 valence electrons. The maximum atomic E-state index is 12.4. The van der Waals surface area contributed by atoms with Gasteiger partial charge in [-0.25, -0.2) is 0 Å². The summed E-state index contributed by atoms with van der Waals surface area (Å²) < 4.78 is 5.15. The van der Waals surface area contributed by atoms with Gasteiger partial charge < -0.3 is 15.2 Å². The van der Waals surface area contributed by atoms with E-state index >= 15 is 0 Å². The van der Waals surface area contributed by atoms with Crippen molar-refractivity contribution in [3.63, 3.8) is 0 Å². The molecule has 6 heteroatoms. The van der Waals surface area contributed by atoms with Gasteiger partial charge in [0.05, 0.1) is 18.4 Å². The fraction of sp³-hybridized carbons (Fsp3) is 0.100. The summed E-state index contributed by atoms with van der Waals surface area (Å²) >= 11 is 1.37. The van der Waals surface area contributed by atoms with Gasteiger partial charge in [-0.15, -0.1) is 11.3 Å². The number of ether oxygens (including phenoxy) is 1. The lowest BCUT2D eigenvalue weighted by Crippen LogP contribution is -2.10. The Hall–Kier alpha value is -3.12. The van der Waals surface area contributed by atoms with Crippen molar-refractivity contribution >= 4 is 28.9 Å². The van der Waals surface area contributed by atoms with Gasteiger partial charge in [0, 0.05) is 5.69 Å². The van der Waals surface area contributed by atoms with Gasteiger partial charge in [-0.3, -0.25) is 9.59 Å². The molecule has 26 heavy (non-hydrogen) atoms. The second-order valence-corrected chi connectivity index (χ2v) is 6.56. The van der Waals surface area contributed by atoms with E-state index in [1.54, 1.807) is 31.4 Å². The molecule has 2 aromatic carbocycles. The quantitative estimate of drug-likeness (QED) is 0.681. The molecule has 0 aliphatic heterocycles. The number of nitrogens with one attached hydrogen (secondary N) is 1. The zero-order valence-corrected chi connectivity index (χ0v) is 14.9. The minimum atomic E-state index is -0.883. The standard InChI is InChI=1S/C20H17NO4S/c1-25-17-8-4-14(5-9-17)15-11-18(26-12-15)20(24)21-16-6-2-13(3-7-16)10-19(22)23/h2-9,11-12H,10H2,1H3,(H,21,24)(H,22,23). The molecule has 0 bridgehead atoms. The lowest BCUT2D eigenvalue weighted by Gasteiger charge is -2.04. The Morgan fingerprint density at radius 2 is 1.73 bits per heavy atom. The minimum Gasteiger partial charge on any atom is -0.497 e. The summed E-state index contributed by atoms with van der Waals surface area (Å²) in [6, 6.07) is 16.3. The smallest absolute Gasteiger partial charge is 0.307 e. The number of carboxylic acid groups (broad SMARTS) is 1. The monoisotopic (exact) mass is 367 g/mol. The molecule has 3 rings (SSSR count). The molecule has 1 aromatic heterocycles. The van der Waals surface area contributed by atoms with E-state index in [-0.39, 0.29) is 12.3 Å². The highest BCUT2D eigenvalue weighted by molar-refractivity contribution is 7.12. The summed E-state index contributed by atoms with van der Waals surface area (Å²) in [5, 5.41) is 13.5. The average molecular weight is 367 g/mol. The number of hydrogen-bond acceptors (Lipinski definition) is 4. The minimum absolute atomic E-state index is 0.0373. The Labute approximate surface area is 154 Å². The first-order chi connectivity index (χ1) is 12.5. The molecule has 5 nitrogen and oxygen atoms in total. The molecule has 0 spiro atoms. The van der Waals surface area contributed by atoms with E-state index in [9.17, 15) is 9.59 Å². The van der Waals surface area contributed by atoms with Crippen LogP contribution >= 0.6 is 11.3 Å². The van der Waals surface area contributed by atoms with Crippen molar-refractivity contribution < 1.29 is 19.4 Å². The van der Waals surface area contributed by atoms with Gasteiger partial charge in [0.1, 0.15) is 5.75 Å². The van der Waals surface area contributed by atoms with Crippen molar-refractivity contribution in [2.45, 2.75) is 6.42 Å². The first-order valence-electron chi connectivity index (χ1n) is 7.90. The van der Waals surface area contributed by atoms with Crippen molar-refractivity contribution in [2.75, 3.05) is 12.4 Å². The highest BCUT2D eigenvalue weighted by atomic mass is 32.1. The summed E-state index contributed by atoms with van der Waals surface area (Å²) in [7, 11) is 1.62. The van der Waals surface area contributed by atoms with Crippen LogP contribution in [-0.4, -0.2) is 24.1 Å². The largest absolute Gasteiger partial charge is 0.497 e. The number of methoxy groups -OCH3 is 1. The summed E-state index contributed by atoms with van der Waals surface area (Å²) in [6.45, 7) is 0. The van der Waals surface area contributed by atoms with E-state index in [1.165, 1.54) is 11.3 Å². The first-order valence-corrected chi connectivity index (χ1v) is 8.78. The molecule has 0 saturated carbocycles. The van der Waals surface area contributed by atoms with E-state index in [4.69, 9.17) is 9.84 Å². The summed E-state index contributed by atoms with van der Waals surface area (Å²) in [5.74, 6) is -0.291. The number of anilines is 1. The van der Waals surface area contributed by atoms with Gasteiger partial charge in [0.15, 0.2) is 0 Å². The molecule has 3 aromatic rings. The average Bonchev–Trinajstić information content (AvgIpc) is 3.13. The molecule has 1 amide bonds. The number of aliphatic carboxylic acids is 1. The molecule has 0 saturated heterocycles. The normalized spacial score (nSPS) is 10.3. The molecule has 2 N–H and O–H groups in total. The molecule has 0 unspecified atom stereocenters. The third kappa shape index (κ3) is 4.29. The molecule has 0 atom stereocenters. The Kier molecular flexibility index (Phi) is 5.34. The van der Waals surface area contributed by atoms with Crippen LogP contribution in [0.2, 0.25) is 0 Å². The number of carbonyl (C=O) groups is 2. The molecule has 0 radical (unpaired) electrons. The van der Waals surface area contributed by atoms with Gasteiger partial charge in [0.25, 0.3) is 5.91 Å². The highest BCUT2D eigenvalue weighted by Gasteiger charge is 2.11. The van der Waals surface area contributed by atoms with Crippen LogP contribution in [0.1, 0.15) is 15.2 Å². The summed E-state index contributed by atoms with van der Waals surface area (Å²) in [6.07, 6.45) is -0.0373. The van der Waals surface area contributed by atoms with Gasteiger partial charge in [-0.1, -0.05) is 24.3 Å². The Balaban J connectivity index is 1.68. The fourth-order valence-corrected chi connectivity index (χ4v) is 3.27. The van der Waals surface area contributed by atoms with Crippen molar-refractivity contribution in [3.05, 3.63) is 70.4 Å². The first kappa shape index (κ1) is 17.7. The van der Waals surface area contributed by atoms with Crippen LogP contribution in [0.15, 0.2) is 60.0 Å². The summed E-state index contributed by atoms with van der Waals surface area (Å²) in [5.41, 5.74) is 3.30. The predicted octanol–water partition coefficient (Wildman–Crippen LogP) is 4.30. The topological polar surface area (TPSA) is 75.6 Å². The number of hydrogen-bond donors (Lipinski definition) is 2. The number of benzene rings is 2. The van der Waals surface area contributed by atoms with E-state index in [0.29, 0.717) is 16.1 Å². The van der Waals surface area contributed by atoms with E-state index in [1.807, 2.05) is 35.7 Å². The van der Waals surface area contributed by atoms with Gasteiger partial charge in [-0.2, -0.15) is 0 Å². The van der Waals surface area contributed by atoms with E-state index < -0.39 is 5.97 Å². The molecule has 0 aliphatic rings. The van der Waals surface area contributed by atoms with Crippen molar-refractivity contribution in [3.8, 4) is 16.9 Å². The lowest BCUT2D eigenvalue weighted by atomic mass is 10.1. The van der Waals surface area contributed by atoms with Crippen LogP contribution in [0.3, 0.4) is 0 Å². The second kappa shape index (κ2) is 7.84. The number of carbonyl (C=O) groups excluding carboxylic acids is 1. The second-order valence-electron chi connectivity index (χ2n) is 5.65. The molecule has 1 heterocycles. The third-order valence-electron chi connectivity index (χ3n) is 3.81. The number of carboxylic acids is 1. The molecule has 0 fully saturated rings. The van der Waals surface area contributed by atoms with Crippen molar-refractivity contribution in [1.82, 2.24) is 0 Å². The lowest BCUT2D eigenvalue weighted by molar-refractivity contribution is -0.136. The Bertz CT molecular complexity index is 914. The van der Waals surface area contributed by atoms with Crippen LogP contribution in [-0.2, 0) is 11.2 Å². The van der Waals surface area contributed by atoms with Crippen molar-refractivity contribution in [2.24, 2.45) is 0 Å². The molecular formula is C20H17NO4S. The van der Waals surface area contributed by atoms with E-state index in [2.05, 4.69) is 5.32 Å². The van der Waals surface area contributed by atoms with E-state index in [0.717, 1.165) is 16.9 Å². The van der Waals surface area contributed by atoms with Gasteiger partial charge in [-0.05, 0) is 52.4 Å². The molecule has 0 aliphatic carbocycles. The number of rotatable bonds is 6. The highest BCUT2D eigenvalue weighted by Crippen LogP contribution is 2.27. The molecular weight excluding hydrogens is 350 g/mol. The van der Waals surface area contributed by atoms with Gasteiger partial charge >= 0.3 is 5.97 Å². The van der Waals surface area contributed by atoms with Crippen LogP contribution in [0, 0.1) is 0 Å². The fourth-order valence-electron chi connectivity index (χ4n) is 2.46. The zero-order valence-electron chi connectivity index (χ0n) is 14.1. The number of thiophene rings is 1. The number of amides is 1. The van der Waals surface area contributed by atoms with Crippen LogP contribution in [0.5, 0.6) is 5.75 Å². The Morgan fingerprint density at radius 3 is 2.35 bits per heavy atom. The van der Waals surface area contributed by atoms with Crippen LogP contribution in [0.25, 0.3) is 11.1 Å². The van der Waals surface area contributed by atoms with Crippen LogP contribution in [0.4, 0.5) is 5.69 Å². The third-order valence-corrected chi connectivity index (χ3v) is 4.74. The Morgan fingerprint density at radius 1 is 1.04 bits per heavy atom. The van der Waals surface area contributed by atoms with Crippen molar-refractivity contribution in [1.29, 1.82) is 0 Å². The maximum absolute atomic E-state index is 12.4. The zero-order chi connectivity index (χ0) is 18.5. The predicted molar refractivity (Wildman–Crippen MR) is 102 cm³/mol. The SMILES string of the molecule is COc1ccc(-c2csc(C(=O)Nc3ccc(CC(=O)O)cc3)c2)cc1. The summed E-state index contributed by atoms with van der Waals surface area (Å²) in [4.78, 5) is 23.7. The van der Waals surface area contributed by atoms with Crippen LogP contribution < -0.4 is 10.1 Å². The van der Waals surface area contributed by atoms with Gasteiger partial charge in [0.2, 0.25) is 0 Å².